The number of hydrogen-bond donors (Lipinski definition) is 0. The number of aromatic nitrogens is 3. The van der Waals surface area contributed by atoms with Crippen LogP contribution >= 0.6 is 23.6 Å². The lowest BCUT2D eigenvalue weighted by Gasteiger charge is -2.23. The second-order valence-electron chi connectivity index (χ2n) is 6.16. The molecule has 0 spiro atoms. The van der Waals surface area contributed by atoms with Gasteiger partial charge in [0.15, 0.2) is 10.6 Å². The van der Waals surface area contributed by atoms with Gasteiger partial charge in [-0.2, -0.15) is 5.10 Å². The number of thiophene rings is 1. The van der Waals surface area contributed by atoms with Crippen LogP contribution in [0.4, 0.5) is 0 Å². The Bertz CT molecular complexity index is 864. The Morgan fingerprint density at radius 2 is 2.04 bits per heavy atom. The molecule has 3 heterocycles. The zero-order valence-corrected chi connectivity index (χ0v) is 15.3. The van der Waals surface area contributed by atoms with Gasteiger partial charge < -0.3 is 4.57 Å². The quantitative estimate of drug-likeness (QED) is 0.645. The average molecular weight is 357 g/mol. The van der Waals surface area contributed by atoms with Crippen molar-refractivity contribution in [2.75, 3.05) is 6.54 Å². The molecule has 1 aromatic carbocycles. The molecule has 0 aliphatic carbocycles. The summed E-state index contributed by atoms with van der Waals surface area (Å²) in [6.45, 7) is 1.85. The molecule has 3 aromatic rings. The Hall–Kier alpha value is -1.76. The van der Waals surface area contributed by atoms with E-state index in [0.29, 0.717) is 6.04 Å². The summed E-state index contributed by atoms with van der Waals surface area (Å²) in [5, 5.41) is 6.95. The molecule has 1 saturated heterocycles. The standard InChI is InChI=1S/C18H20N4S2/c1-20-17(14-7-3-2-4-8-14)19-22(18(20)23)13-21-11-5-9-15(21)16-10-6-12-24-16/h2-4,6-8,10,12,15H,5,9,11,13H2,1H3/t15-/m1/s1. The molecule has 4 nitrogen and oxygen atoms in total. The zero-order chi connectivity index (χ0) is 16.5. The highest BCUT2D eigenvalue weighted by molar-refractivity contribution is 7.71. The number of nitrogens with zero attached hydrogens (tertiary/aromatic N) is 4. The fraction of sp³-hybridized carbons (Fsp3) is 0.333. The van der Waals surface area contributed by atoms with Crippen molar-refractivity contribution in [1.82, 2.24) is 19.2 Å². The summed E-state index contributed by atoms with van der Waals surface area (Å²) in [6.07, 6.45) is 2.44. The van der Waals surface area contributed by atoms with Crippen LogP contribution in [-0.4, -0.2) is 25.8 Å². The molecule has 1 fully saturated rings. The van der Waals surface area contributed by atoms with E-state index in [9.17, 15) is 0 Å². The van der Waals surface area contributed by atoms with Crippen LogP contribution in [0.5, 0.6) is 0 Å². The van der Waals surface area contributed by atoms with Crippen LogP contribution in [0.15, 0.2) is 47.8 Å². The van der Waals surface area contributed by atoms with Crippen LogP contribution in [0.3, 0.4) is 0 Å². The molecule has 0 bridgehead atoms. The van der Waals surface area contributed by atoms with Crippen LogP contribution < -0.4 is 0 Å². The van der Waals surface area contributed by atoms with Crippen molar-refractivity contribution in [3.05, 3.63) is 57.5 Å². The maximum atomic E-state index is 5.63. The van der Waals surface area contributed by atoms with E-state index in [1.54, 1.807) is 0 Å². The van der Waals surface area contributed by atoms with E-state index in [4.69, 9.17) is 17.3 Å². The first-order valence-corrected chi connectivity index (χ1v) is 9.49. The topological polar surface area (TPSA) is 26.0 Å². The van der Waals surface area contributed by atoms with Gasteiger partial charge in [-0.15, -0.1) is 11.3 Å². The molecule has 0 unspecified atom stereocenters. The minimum Gasteiger partial charge on any atom is -0.303 e. The van der Waals surface area contributed by atoms with Crippen molar-refractivity contribution in [3.8, 4) is 11.4 Å². The summed E-state index contributed by atoms with van der Waals surface area (Å²) in [5.41, 5.74) is 1.10. The van der Waals surface area contributed by atoms with Crippen molar-refractivity contribution in [2.24, 2.45) is 7.05 Å². The van der Waals surface area contributed by atoms with E-state index in [1.807, 2.05) is 45.8 Å². The molecule has 124 valence electrons. The third-order valence-electron chi connectivity index (χ3n) is 4.62. The highest BCUT2D eigenvalue weighted by Gasteiger charge is 2.27. The highest BCUT2D eigenvalue weighted by atomic mass is 32.1. The van der Waals surface area contributed by atoms with E-state index in [-0.39, 0.29) is 0 Å². The van der Waals surface area contributed by atoms with Gasteiger partial charge in [-0.25, -0.2) is 4.68 Å². The van der Waals surface area contributed by atoms with E-state index < -0.39 is 0 Å². The summed E-state index contributed by atoms with van der Waals surface area (Å²) in [7, 11) is 1.99. The van der Waals surface area contributed by atoms with Gasteiger partial charge in [0.25, 0.3) is 0 Å². The maximum Gasteiger partial charge on any atom is 0.199 e. The van der Waals surface area contributed by atoms with Crippen LogP contribution in [0.25, 0.3) is 11.4 Å². The summed E-state index contributed by atoms with van der Waals surface area (Å²) >= 11 is 7.47. The molecule has 0 amide bonds. The van der Waals surface area contributed by atoms with E-state index in [2.05, 4.69) is 34.5 Å². The van der Waals surface area contributed by atoms with Gasteiger partial charge in [0, 0.05) is 30.1 Å². The molecular weight excluding hydrogens is 336 g/mol. The third kappa shape index (κ3) is 2.85. The lowest BCUT2D eigenvalue weighted by molar-refractivity contribution is 0.192. The van der Waals surface area contributed by atoms with Gasteiger partial charge in [0.2, 0.25) is 0 Å². The number of rotatable bonds is 4. The smallest absolute Gasteiger partial charge is 0.199 e. The lowest BCUT2D eigenvalue weighted by atomic mass is 10.2. The highest BCUT2D eigenvalue weighted by Crippen LogP contribution is 2.34. The summed E-state index contributed by atoms with van der Waals surface area (Å²) < 4.78 is 4.73. The van der Waals surface area contributed by atoms with Gasteiger partial charge in [0.05, 0.1) is 6.67 Å². The SMILES string of the molecule is Cn1c(-c2ccccc2)nn(CN2CCC[C@@H]2c2cccs2)c1=S. The van der Waals surface area contributed by atoms with Crippen LogP contribution in [0.2, 0.25) is 0 Å². The fourth-order valence-corrected chi connectivity index (χ4v) is 4.47. The minimum absolute atomic E-state index is 0.495. The Morgan fingerprint density at radius 3 is 2.79 bits per heavy atom. The Kier molecular flexibility index (Phi) is 4.35. The van der Waals surface area contributed by atoms with Gasteiger partial charge in [-0.05, 0) is 36.5 Å². The predicted octanol–water partition coefficient (Wildman–Crippen LogP) is 4.47. The second kappa shape index (κ2) is 6.63. The number of hydrogen-bond acceptors (Lipinski definition) is 4. The van der Waals surface area contributed by atoms with Crippen molar-refractivity contribution < 1.29 is 0 Å². The first kappa shape index (κ1) is 15.7. The first-order chi connectivity index (χ1) is 11.7. The average Bonchev–Trinajstić information content (AvgIpc) is 3.33. The molecule has 6 heteroatoms. The molecule has 4 rings (SSSR count). The molecule has 0 N–H and O–H groups in total. The maximum absolute atomic E-state index is 5.63. The Morgan fingerprint density at radius 1 is 1.21 bits per heavy atom. The zero-order valence-electron chi connectivity index (χ0n) is 13.6. The van der Waals surface area contributed by atoms with Gasteiger partial charge in [-0.1, -0.05) is 36.4 Å². The molecule has 1 aliphatic heterocycles. The number of benzene rings is 1. The Labute approximate surface area is 151 Å². The minimum atomic E-state index is 0.495. The second-order valence-corrected chi connectivity index (χ2v) is 7.50. The molecule has 1 aliphatic rings. The third-order valence-corrected chi connectivity index (χ3v) is 6.08. The van der Waals surface area contributed by atoms with E-state index in [0.717, 1.165) is 29.4 Å². The van der Waals surface area contributed by atoms with Crippen molar-refractivity contribution in [2.45, 2.75) is 25.6 Å². The van der Waals surface area contributed by atoms with Crippen LogP contribution in [0, 0.1) is 4.77 Å². The van der Waals surface area contributed by atoms with Crippen molar-refractivity contribution in [3.63, 3.8) is 0 Å². The summed E-state index contributed by atoms with van der Waals surface area (Å²) in [4.78, 5) is 3.93. The molecule has 0 saturated carbocycles. The van der Waals surface area contributed by atoms with Crippen molar-refractivity contribution in [1.29, 1.82) is 0 Å². The largest absolute Gasteiger partial charge is 0.303 e. The lowest BCUT2D eigenvalue weighted by Crippen LogP contribution is -2.26. The van der Waals surface area contributed by atoms with Gasteiger partial charge in [0.1, 0.15) is 0 Å². The van der Waals surface area contributed by atoms with Gasteiger partial charge >= 0.3 is 0 Å². The molecule has 0 radical (unpaired) electrons. The fourth-order valence-electron chi connectivity index (χ4n) is 3.39. The molecule has 24 heavy (non-hydrogen) atoms. The number of likely N-dealkylation sites (tertiary alicyclic amines) is 1. The van der Waals surface area contributed by atoms with E-state index in [1.165, 1.54) is 17.7 Å². The van der Waals surface area contributed by atoms with Crippen molar-refractivity contribution >= 4 is 23.6 Å². The van der Waals surface area contributed by atoms with Gasteiger partial charge in [-0.3, -0.25) is 4.90 Å². The molecule has 1 atom stereocenters. The normalized spacial score (nSPS) is 18.3. The summed E-state index contributed by atoms with van der Waals surface area (Å²) in [6, 6.07) is 15.1. The van der Waals surface area contributed by atoms with E-state index >= 15 is 0 Å². The Balaban J connectivity index is 1.62. The summed E-state index contributed by atoms with van der Waals surface area (Å²) in [5.74, 6) is 0.924. The monoisotopic (exact) mass is 356 g/mol. The first-order valence-electron chi connectivity index (χ1n) is 8.21. The molecule has 2 aromatic heterocycles. The predicted molar refractivity (Wildman–Crippen MR) is 100 cm³/mol. The van der Waals surface area contributed by atoms with Crippen LogP contribution in [-0.2, 0) is 13.7 Å². The molecular formula is C18H20N4S2. The van der Waals surface area contributed by atoms with Crippen LogP contribution in [0.1, 0.15) is 23.8 Å².